The largest absolute Gasteiger partial charge is 0.336 e. The second-order valence-electron chi connectivity index (χ2n) is 9.96. The molecule has 2 aromatic carbocycles. The third-order valence-corrected chi connectivity index (χ3v) is 7.61. The lowest BCUT2D eigenvalue weighted by Gasteiger charge is -2.29. The number of imide groups is 1. The van der Waals surface area contributed by atoms with E-state index < -0.39 is 11.9 Å². The molecule has 0 saturated carbocycles. The Bertz CT molecular complexity index is 1800. The van der Waals surface area contributed by atoms with Gasteiger partial charge in [-0.05, 0) is 53.9 Å². The Morgan fingerprint density at radius 1 is 1.05 bits per heavy atom. The van der Waals surface area contributed by atoms with E-state index in [1.807, 2.05) is 60.5 Å². The predicted octanol–water partition coefficient (Wildman–Crippen LogP) is 3.40. The summed E-state index contributed by atoms with van der Waals surface area (Å²) in [5, 5.41) is 3.43. The molecule has 7 rings (SSSR count). The van der Waals surface area contributed by atoms with Crippen LogP contribution in [-0.4, -0.2) is 47.8 Å². The Kier molecular flexibility index (Phi) is 4.94. The molecule has 5 heterocycles. The van der Waals surface area contributed by atoms with Crippen molar-refractivity contribution >= 4 is 39.8 Å². The average Bonchev–Trinajstić information content (AvgIpc) is 3.60. The number of hydrogen-bond acceptors (Lipinski definition) is 5. The Morgan fingerprint density at radius 3 is 2.79 bits per heavy atom. The second-order valence-corrected chi connectivity index (χ2v) is 9.96. The molecule has 9 heteroatoms. The molecule has 38 heavy (non-hydrogen) atoms. The Labute approximate surface area is 217 Å². The van der Waals surface area contributed by atoms with Gasteiger partial charge in [-0.1, -0.05) is 18.2 Å². The molecule has 0 aliphatic carbocycles. The van der Waals surface area contributed by atoms with Crippen molar-refractivity contribution in [3.05, 3.63) is 83.8 Å². The van der Waals surface area contributed by atoms with Crippen molar-refractivity contribution in [2.75, 3.05) is 0 Å². The van der Waals surface area contributed by atoms with Gasteiger partial charge in [-0.2, -0.15) is 0 Å². The SMILES string of the molecule is Cn1ccc2c(Cn3cnc4ccccc43)cc(-c3ccc4c(c3)CN(C3CCC(=O)NC3=O)C4=O)nc21. The number of aromatic nitrogens is 4. The van der Waals surface area contributed by atoms with Crippen molar-refractivity contribution in [3.8, 4) is 11.3 Å². The van der Waals surface area contributed by atoms with Gasteiger partial charge >= 0.3 is 0 Å². The number of piperidine rings is 1. The molecule has 0 spiro atoms. The summed E-state index contributed by atoms with van der Waals surface area (Å²) in [5.41, 5.74) is 7.18. The minimum Gasteiger partial charge on any atom is -0.336 e. The first-order chi connectivity index (χ1) is 18.5. The third kappa shape index (κ3) is 3.50. The number of pyridine rings is 1. The lowest BCUT2D eigenvalue weighted by Crippen LogP contribution is -2.52. The van der Waals surface area contributed by atoms with Gasteiger partial charge in [0.2, 0.25) is 11.8 Å². The monoisotopic (exact) mass is 504 g/mol. The molecule has 2 aliphatic rings. The number of carbonyl (C=O) groups excluding carboxylic acids is 3. The summed E-state index contributed by atoms with van der Waals surface area (Å²) < 4.78 is 4.15. The molecule has 1 saturated heterocycles. The number of nitrogens with one attached hydrogen (secondary N) is 1. The summed E-state index contributed by atoms with van der Waals surface area (Å²) in [6.45, 7) is 0.970. The molecule has 1 unspecified atom stereocenters. The lowest BCUT2D eigenvalue weighted by molar-refractivity contribution is -0.136. The lowest BCUT2D eigenvalue weighted by atomic mass is 10.0. The number of fused-ring (bicyclic) bond motifs is 3. The number of aryl methyl sites for hydroxylation is 1. The van der Waals surface area contributed by atoms with Gasteiger partial charge in [0.05, 0.1) is 23.1 Å². The Morgan fingerprint density at radius 2 is 1.92 bits per heavy atom. The fraction of sp³-hybridized carbons (Fsp3) is 0.207. The van der Waals surface area contributed by atoms with E-state index in [0.29, 0.717) is 25.1 Å². The fourth-order valence-electron chi connectivity index (χ4n) is 5.63. The molecule has 0 bridgehead atoms. The van der Waals surface area contributed by atoms with E-state index in [0.717, 1.165) is 44.5 Å². The number of hydrogen-bond donors (Lipinski definition) is 1. The summed E-state index contributed by atoms with van der Waals surface area (Å²) in [7, 11) is 1.98. The first-order valence-electron chi connectivity index (χ1n) is 12.6. The molecule has 9 nitrogen and oxygen atoms in total. The van der Waals surface area contributed by atoms with Crippen molar-refractivity contribution in [2.24, 2.45) is 7.05 Å². The zero-order valence-electron chi connectivity index (χ0n) is 20.7. The quantitative estimate of drug-likeness (QED) is 0.378. The van der Waals surface area contributed by atoms with E-state index in [1.54, 1.807) is 4.90 Å². The van der Waals surface area contributed by atoms with E-state index >= 15 is 0 Å². The number of carbonyl (C=O) groups is 3. The normalized spacial score (nSPS) is 17.4. The van der Waals surface area contributed by atoms with Crippen LogP contribution in [0.4, 0.5) is 0 Å². The van der Waals surface area contributed by atoms with E-state index in [4.69, 9.17) is 4.98 Å². The van der Waals surface area contributed by atoms with E-state index in [-0.39, 0.29) is 18.2 Å². The molecule has 3 amide bonds. The first kappa shape index (κ1) is 22.4. The van der Waals surface area contributed by atoms with Gasteiger partial charge in [-0.25, -0.2) is 9.97 Å². The average molecular weight is 505 g/mol. The predicted molar refractivity (Wildman–Crippen MR) is 141 cm³/mol. The maximum absolute atomic E-state index is 13.1. The minimum atomic E-state index is -0.634. The molecular formula is C29H24N6O3. The summed E-state index contributed by atoms with van der Waals surface area (Å²) in [5.74, 6) is -0.881. The number of rotatable bonds is 4. The maximum atomic E-state index is 13.1. The van der Waals surface area contributed by atoms with Crippen LogP contribution in [0.3, 0.4) is 0 Å². The van der Waals surface area contributed by atoms with Crippen LogP contribution in [0.2, 0.25) is 0 Å². The number of benzene rings is 2. The van der Waals surface area contributed by atoms with Crippen LogP contribution in [-0.2, 0) is 29.7 Å². The van der Waals surface area contributed by atoms with Crippen molar-refractivity contribution < 1.29 is 14.4 Å². The molecular weight excluding hydrogens is 480 g/mol. The zero-order chi connectivity index (χ0) is 26.0. The van der Waals surface area contributed by atoms with E-state index in [9.17, 15) is 14.4 Å². The van der Waals surface area contributed by atoms with Gasteiger partial charge in [0.1, 0.15) is 11.7 Å². The van der Waals surface area contributed by atoms with Gasteiger partial charge in [0.15, 0.2) is 0 Å². The summed E-state index contributed by atoms with van der Waals surface area (Å²) >= 11 is 0. The summed E-state index contributed by atoms with van der Waals surface area (Å²) in [6, 6.07) is 17.4. The molecule has 1 N–H and O–H groups in total. The summed E-state index contributed by atoms with van der Waals surface area (Å²) in [4.78, 5) is 48.2. The van der Waals surface area contributed by atoms with E-state index in [1.165, 1.54) is 0 Å². The van der Waals surface area contributed by atoms with Crippen LogP contribution in [0.1, 0.15) is 34.3 Å². The smallest absolute Gasteiger partial charge is 0.255 e. The number of imidazole rings is 1. The van der Waals surface area contributed by atoms with Crippen LogP contribution in [0.5, 0.6) is 0 Å². The molecule has 1 fully saturated rings. The van der Waals surface area contributed by atoms with Crippen molar-refractivity contribution in [2.45, 2.75) is 32.0 Å². The maximum Gasteiger partial charge on any atom is 0.255 e. The topological polar surface area (TPSA) is 102 Å². The van der Waals surface area contributed by atoms with Gasteiger partial charge in [0, 0.05) is 49.3 Å². The van der Waals surface area contributed by atoms with Crippen LogP contribution >= 0.6 is 0 Å². The van der Waals surface area contributed by atoms with Crippen molar-refractivity contribution in [3.63, 3.8) is 0 Å². The Hall–Kier alpha value is -4.79. The minimum absolute atomic E-state index is 0.181. The van der Waals surface area contributed by atoms with Crippen molar-refractivity contribution in [1.82, 2.24) is 29.3 Å². The second kappa shape index (κ2) is 8.37. The van der Waals surface area contributed by atoms with Gasteiger partial charge in [-0.3, -0.25) is 19.7 Å². The highest BCUT2D eigenvalue weighted by Crippen LogP contribution is 2.32. The molecule has 0 radical (unpaired) electrons. The van der Waals surface area contributed by atoms with Crippen LogP contribution in [0.25, 0.3) is 33.3 Å². The zero-order valence-corrected chi connectivity index (χ0v) is 20.7. The molecule has 3 aromatic heterocycles. The highest BCUT2D eigenvalue weighted by atomic mass is 16.2. The first-order valence-corrected chi connectivity index (χ1v) is 12.6. The van der Waals surface area contributed by atoms with Gasteiger partial charge in [-0.15, -0.1) is 0 Å². The number of nitrogens with zero attached hydrogens (tertiary/aromatic N) is 5. The highest BCUT2D eigenvalue weighted by Gasteiger charge is 2.39. The summed E-state index contributed by atoms with van der Waals surface area (Å²) in [6.07, 6.45) is 4.45. The van der Waals surface area contributed by atoms with Crippen molar-refractivity contribution in [1.29, 1.82) is 0 Å². The van der Waals surface area contributed by atoms with E-state index in [2.05, 4.69) is 33.1 Å². The molecule has 188 valence electrons. The number of para-hydroxylation sites is 2. The number of amides is 3. The van der Waals surface area contributed by atoms with Crippen LogP contribution in [0.15, 0.2) is 67.1 Å². The molecule has 5 aromatic rings. The third-order valence-electron chi connectivity index (χ3n) is 7.61. The molecule has 2 aliphatic heterocycles. The Balaban J connectivity index is 1.26. The van der Waals surface area contributed by atoms with Gasteiger partial charge < -0.3 is 14.0 Å². The molecule has 1 atom stereocenters. The fourth-order valence-corrected chi connectivity index (χ4v) is 5.63. The highest BCUT2D eigenvalue weighted by molar-refractivity contribution is 6.05. The van der Waals surface area contributed by atoms with Crippen LogP contribution < -0.4 is 5.32 Å². The van der Waals surface area contributed by atoms with Crippen LogP contribution in [0, 0.1) is 0 Å². The standard InChI is InChI=1S/C29H24N6O3/c1-33-11-10-20-19(14-34-16-30-22-4-2-3-5-24(22)34)13-23(31-27(20)33)17-6-7-21-18(12-17)15-35(29(21)38)25-8-9-26(36)32-28(25)37/h2-7,10-13,16,25H,8-9,14-15H2,1H3,(H,32,36,37). The van der Waals surface area contributed by atoms with Gasteiger partial charge in [0.25, 0.3) is 5.91 Å².